The molecule has 0 aromatic heterocycles. The minimum absolute atomic E-state index is 0.874. The van der Waals surface area contributed by atoms with Gasteiger partial charge in [0.05, 0.1) is 14.2 Å². The van der Waals surface area contributed by atoms with Gasteiger partial charge in [0.25, 0.3) is 0 Å². The average Bonchev–Trinajstić information content (AvgIpc) is 2.55. The number of hydrogen-bond donors (Lipinski definition) is 1. The van der Waals surface area contributed by atoms with E-state index in [-0.39, 0.29) is 0 Å². The maximum atomic E-state index is 5.77. The highest BCUT2D eigenvalue weighted by molar-refractivity contribution is 5.54. The molecule has 2 aliphatic heterocycles. The van der Waals surface area contributed by atoms with Crippen LogP contribution in [-0.4, -0.2) is 38.8 Å². The minimum atomic E-state index is 0.874. The molecule has 21 heavy (non-hydrogen) atoms. The van der Waals surface area contributed by atoms with Crippen molar-refractivity contribution in [3.63, 3.8) is 0 Å². The number of benzene rings is 1. The Hall–Kier alpha value is -1.26. The molecule has 0 spiro atoms. The SMILES string of the molecule is COc1cc(CN2CCCCC2)c(OC)c2c1CNCC2. The molecule has 116 valence electrons. The molecular formula is C17H26N2O2. The lowest BCUT2D eigenvalue weighted by Gasteiger charge is -2.29. The Balaban J connectivity index is 1.94. The van der Waals surface area contributed by atoms with Gasteiger partial charge < -0.3 is 14.8 Å². The van der Waals surface area contributed by atoms with Gasteiger partial charge in [0.2, 0.25) is 0 Å². The van der Waals surface area contributed by atoms with Gasteiger partial charge in [-0.1, -0.05) is 6.42 Å². The van der Waals surface area contributed by atoms with E-state index in [4.69, 9.17) is 9.47 Å². The lowest BCUT2D eigenvalue weighted by Crippen LogP contribution is -2.30. The summed E-state index contributed by atoms with van der Waals surface area (Å²) in [6.07, 6.45) is 5.01. The van der Waals surface area contributed by atoms with Gasteiger partial charge in [-0.05, 0) is 45.0 Å². The van der Waals surface area contributed by atoms with Crippen molar-refractivity contribution < 1.29 is 9.47 Å². The Morgan fingerprint density at radius 1 is 1.10 bits per heavy atom. The summed E-state index contributed by atoms with van der Waals surface area (Å²) in [5.74, 6) is 2.09. The van der Waals surface area contributed by atoms with Crippen molar-refractivity contribution in [1.29, 1.82) is 0 Å². The summed E-state index contributed by atoms with van der Waals surface area (Å²) in [6.45, 7) is 5.26. The second-order valence-electron chi connectivity index (χ2n) is 5.99. The first-order chi connectivity index (χ1) is 10.3. The molecule has 0 atom stereocenters. The predicted octanol–water partition coefficient (Wildman–Crippen LogP) is 2.34. The Labute approximate surface area is 127 Å². The van der Waals surface area contributed by atoms with Crippen LogP contribution in [0.1, 0.15) is 36.0 Å². The molecule has 1 aromatic rings. The zero-order valence-corrected chi connectivity index (χ0v) is 13.2. The third-order valence-corrected chi connectivity index (χ3v) is 4.65. The second kappa shape index (κ2) is 6.67. The van der Waals surface area contributed by atoms with E-state index in [0.717, 1.165) is 37.6 Å². The van der Waals surface area contributed by atoms with E-state index in [1.54, 1.807) is 14.2 Å². The highest BCUT2D eigenvalue weighted by Crippen LogP contribution is 2.37. The van der Waals surface area contributed by atoms with Crippen molar-refractivity contribution in [3.05, 3.63) is 22.8 Å². The summed E-state index contributed by atoms with van der Waals surface area (Å²) in [5.41, 5.74) is 3.88. The maximum absolute atomic E-state index is 5.77. The number of piperidine rings is 1. The fraction of sp³-hybridized carbons (Fsp3) is 0.647. The third-order valence-electron chi connectivity index (χ3n) is 4.65. The first-order valence-corrected chi connectivity index (χ1v) is 8.02. The molecule has 0 bridgehead atoms. The van der Waals surface area contributed by atoms with E-state index < -0.39 is 0 Å². The highest BCUT2D eigenvalue weighted by atomic mass is 16.5. The van der Waals surface area contributed by atoms with Crippen molar-refractivity contribution in [2.24, 2.45) is 0 Å². The highest BCUT2D eigenvalue weighted by Gasteiger charge is 2.23. The van der Waals surface area contributed by atoms with Crippen LogP contribution < -0.4 is 14.8 Å². The number of fused-ring (bicyclic) bond motifs is 1. The lowest BCUT2D eigenvalue weighted by molar-refractivity contribution is 0.217. The average molecular weight is 290 g/mol. The first kappa shape index (κ1) is 14.7. The number of ether oxygens (including phenoxy) is 2. The molecule has 0 amide bonds. The summed E-state index contributed by atoms with van der Waals surface area (Å²) in [5, 5.41) is 3.42. The Morgan fingerprint density at radius 2 is 1.90 bits per heavy atom. The predicted molar refractivity (Wildman–Crippen MR) is 84.1 cm³/mol. The quantitative estimate of drug-likeness (QED) is 0.923. The molecule has 1 fully saturated rings. The lowest BCUT2D eigenvalue weighted by atomic mass is 9.95. The molecule has 2 aliphatic rings. The monoisotopic (exact) mass is 290 g/mol. The van der Waals surface area contributed by atoms with Crippen LogP contribution in [0.15, 0.2) is 6.07 Å². The summed E-state index contributed by atoms with van der Waals surface area (Å²) in [4.78, 5) is 2.54. The maximum Gasteiger partial charge on any atom is 0.127 e. The smallest absolute Gasteiger partial charge is 0.127 e. The van der Waals surface area contributed by atoms with Crippen LogP contribution in [-0.2, 0) is 19.5 Å². The fourth-order valence-corrected chi connectivity index (χ4v) is 3.59. The normalized spacial score (nSPS) is 19.1. The molecule has 1 aromatic carbocycles. The van der Waals surface area contributed by atoms with Crippen molar-refractivity contribution >= 4 is 0 Å². The molecule has 0 aliphatic carbocycles. The molecular weight excluding hydrogens is 264 g/mol. The van der Waals surface area contributed by atoms with Gasteiger partial charge in [-0.25, -0.2) is 0 Å². The van der Waals surface area contributed by atoms with Gasteiger partial charge in [-0.2, -0.15) is 0 Å². The largest absolute Gasteiger partial charge is 0.496 e. The molecule has 0 radical (unpaired) electrons. The van der Waals surface area contributed by atoms with Crippen LogP contribution in [0.4, 0.5) is 0 Å². The zero-order valence-electron chi connectivity index (χ0n) is 13.2. The summed E-state index contributed by atoms with van der Waals surface area (Å²) < 4.78 is 11.4. The molecule has 1 saturated heterocycles. The van der Waals surface area contributed by atoms with Gasteiger partial charge in [0.1, 0.15) is 11.5 Å². The minimum Gasteiger partial charge on any atom is -0.496 e. The van der Waals surface area contributed by atoms with Gasteiger partial charge in [-0.3, -0.25) is 4.90 Å². The molecule has 4 nitrogen and oxygen atoms in total. The van der Waals surface area contributed by atoms with Crippen LogP contribution in [0.2, 0.25) is 0 Å². The summed E-state index contributed by atoms with van der Waals surface area (Å²) in [7, 11) is 3.56. The van der Waals surface area contributed by atoms with Crippen molar-refractivity contribution in [3.8, 4) is 11.5 Å². The van der Waals surface area contributed by atoms with Crippen LogP contribution in [0.3, 0.4) is 0 Å². The van der Waals surface area contributed by atoms with Crippen molar-refractivity contribution in [1.82, 2.24) is 10.2 Å². The number of rotatable bonds is 4. The number of hydrogen-bond acceptors (Lipinski definition) is 4. The molecule has 2 heterocycles. The number of likely N-dealkylation sites (tertiary alicyclic amines) is 1. The van der Waals surface area contributed by atoms with E-state index in [1.807, 2.05) is 0 Å². The van der Waals surface area contributed by atoms with E-state index >= 15 is 0 Å². The third kappa shape index (κ3) is 3.01. The van der Waals surface area contributed by atoms with E-state index in [1.165, 1.54) is 49.0 Å². The Morgan fingerprint density at radius 3 is 2.62 bits per heavy atom. The summed E-state index contributed by atoms with van der Waals surface area (Å²) in [6, 6.07) is 2.18. The van der Waals surface area contributed by atoms with Crippen LogP contribution in [0.25, 0.3) is 0 Å². The number of methoxy groups -OCH3 is 2. The van der Waals surface area contributed by atoms with Gasteiger partial charge in [0, 0.05) is 29.8 Å². The summed E-state index contributed by atoms with van der Waals surface area (Å²) >= 11 is 0. The van der Waals surface area contributed by atoms with Crippen molar-refractivity contribution in [2.75, 3.05) is 33.9 Å². The van der Waals surface area contributed by atoms with Gasteiger partial charge >= 0.3 is 0 Å². The fourth-order valence-electron chi connectivity index (χ4n) is 3.59. The topological polar surface area (TPSA) is 33.7 Å². The second-order valence-corrected chi connectivity index (χ2v) is 5.99. The molecule has 0 unspecified atom stereocenters. The van der Waals surface area contributed by atoms with Crippen molar-refractivity contribution in [2.45, 2.75) is 38.8 Å². The standard InChI is InChI=1S/C17H26N2O2/c1-20-16-10-13(12-19-8-4-3-5-9-19)17(21-2)14-6-7-18-11-15(14)16/h10,18H,3-9,11-12H2,1-2H3. The van der Waals surface area contributed by atoms with Gasteiger partial charge in [0.15, 0.2) is 0 Å². The Bertz CT molecular complexity index is 496. The molecule has 1 N–H and O–H groups in total. The number of nitrogens with zero attached hydrogens (tertiary/aromatic N) is 1. The first-order valence-electron chi connectivity index (χ1n) is 8.02. The van der Waals surface area contributed by atoms with Crippen LogP contribution in [0, 0.1) is 0 Å². The van der Waals surface area contributed by atoms with E-state index in [9.17, 15) is 0 Å². The van der Waals surface area contributed by atoms with E-state index in [2.05, 4.69) is 16.3 Å². The molecule has 0 saturated carbocycles. The molecule has 3 rings (SSSR count). The van der Waals surface area contributed by atoms with Crippen LogP contribution >= 0.6 is 0 Å². The van der Waals surface area contributed by atoms with Gasteiger partial charge in [-0.15, -0.1) is 0 Å². The van der Waals surface area contributed by atoms with E-state index in [0.29, 0.717) is 0 Å². The number of nitrogens with one attached hydrogen (secondary N) is 1. The Kier molecular flexibility index (Phi) is 4.66. The van der Waals surface area contributed by atoms with Crippen LogP contribution in [0.5, 0.6) is 11.5 Å². The zero-order chi connectivity index (χ0) is 14.7. The molecule has 4 heteroatoms.